The average molecular weight is 420 g/mol. The van der Waals surface area contributed by atoms with Gasteiger partial charge in [0.25, 0.3) is 5.56 Å². The minimum atomic E-state index is -0.301. The number of benzene rings is 1. The van der Waals surface area contributed by atoms with Gasteiger partial charge in [0.1, 0.15) is 6.54 Å². The lowest BCUT2D eigenvalue weighted by atomic mass is 10.1. The molecular weight excluding hydrogens is 388 g/mol. The van der Waals surface area contributed by atoms with E-state index >= 15 is 0 Å². The summed E-state index contributed by atoms with van der Waals surface area (Å²) in [7, 11) is 0. The molecule has 29 heavy (non-hydrogen) atoms. The number of quaternary nitrogens is 1. The van der Waals surface area contributed by atoms with Crippen LogP contribution in [0.5, 0.6) is 0 Å². The number of carbonyl (C=O) groups is 1. The maximum absolute atomic E-state index is 12.3. The summed E-state index contributed by atoms with van der Waals surface area (Å²) in [5.74, 6) is 1.01. The highest BCUT2D eigenvalue weighted by molar-refractivity contribution is 6.30. The molecule has 2 N–H and O–H groups in total. The summed E-state index contributed by atoms with van der Waals surface area (Å²) in [6.07, 6.45) is 0. The fourth-order valence-electron chi connectivity index (χ4n) is 3.35. The smallest absolute Gasteiger partial charge is 0.267 e. The fourth-order valence-corrected chi connectivity index (χ4v) is 3.48. The van der Waals surface area contributed by atoms with Gasteiger partial charge in [0.05, 0.1) is 31.9 Å². The Labute approximate surface area is 177 Å². The summed E-state index contributed by atoms with van der Waals surface area (Å²) in [4.78, 5) is 25.9. The van der Waals surface area contributed by atoms with Crippen molar-refractivity contribution in [3.8, 4) is 11.3 Å². The molecule has 1 amide bonds. The first kappa shape index (κ1) is 23.1. The quantitative estimate of drug-likeness (QED) is 0.617. The summed E-state index contributed by atoms with van der Waals surface area (Å²) in [6.45, 7) is 12.4. The lowest BCUT2D eigenvalue weighted by molar-refractivity contribution is -0.904. The number of hydrogen-bond donors (Lipinski definition) is 2. The molecule has 0 aliphatic rings. The van der Waals surface area contributed by atoms with Crippen LogP contribution in [-0.2, 0) is 11.3 Å². The van der Waals surface area contributed by atoms with Crippen LogP contribution in [0, 0.1) is 11.8 Å². The number of rotatable bonds is 10. The van der Waals surface area contributed by atoms with Gasteiger partial charge in [0.15, 0.2) is 0 Å². The van der Waals surface area contributed by atoms with Crippen molar-refractivity contribution < 1.29 is 9.69 Å². The minimum Gasteiger partial charge on any atom is -0.349 e. The molecule has 1 aromatic carbocycles. The Hall–Kier alpha value is -2.18. The third-order valence-electron chi connectivity index (χ3n) is 4.49. The van der Waals surface area contributed by atoms with Crippen LogP contribution in [0.3, 0.4) is 0 Å². The van der Waals surface area contributed by atoms with Gasteiger partial charge in [-0.15, -0.1) is 0 Å². The van der Waals surface area contributed by atoms with E-state index in [9.17, 15) is 9.59 Å². The normalized spacial score (nSPS) is 11.4. The number of nitrogens with zero attached hydrogens (tertiary/aromatic N) is 2. The van der Waals surface area contributed by atoms with Crippen molar-refractivity contribution in [3.63, 3.8) is 0 Å². The first-order valence-electron chi connectivity index (χ1n) is 10.2. The van der Waals surface area contributed by atoms with Crippen molar-refractivity contribution in [1.29, 1.82) is 0 Å². The predicted octanol–water partition coefficient (Wildman–Crippen LogP) is 1.88. The van der Waals surface area contributed by atoms with Crippen LogP contribution in [-0.4, -0.2) is 41.9 Å². The van der Waals surface area contributed by atoms with E-state index in [1.54, 1.807) is 18.2 Å². The summed E-state index contributed by atoms with van der Waals surface area (Å²) >= 11 is 5.92. The number of nitrogens with one attached hydrogen (secondary N) is 2. The Kier molecular flexibility index (Phi) is 8.86. The van der Waals surface area contributed by atoms with Gasteiger partial charge >= 0.3 is 0 Å². The number of halogens is 1. The Morgan fingerprint density at radius 3 is 2.28 bits per heavy atom. The summed E-state index contributed by atoms with van der Waals surface area (Å²) in [6, 6.07) is 10.3. The van der Waals surface area contributed by atoms with Crippen molar-refractivity contribution in [1.82, 2.24) is 15.1 Å². The van der Waals surface area contributed by atoms with Crippen LogP contribution in [0.1, 0.15) is 27.7 Å². The van der Waals surface area contributed by atoms with E-state index in [-0.39, 0.29) is 18.0 Å². The number of aromatic nitrogens is 2. The molecule has 6 nitrogen and oxygen atoms in total. The monoisotopic (exact) mass is 419 g/mol. The second-order valence-electron chi connectivity index (χ2n) is 8.27. The molecule has 0 saturated carbocycles. The van der Waals surface area contributed by atoms with Crippen LogP contribution in [0.25, 0.3) is 11.3 Å². The van der Waals surface area contributed by atoms with Crippen molar-refractivity contribution in [3.05, 3.63) is 51.8 Å². The lowest BCUT2D eigenvalue weighted by Gasteiger charge is -2.23. The first-order valence-corrected chi connectivity index (χ1v) is 10.6. The van der Waals surface area contributed by atoms with E-state index in [2.05, 4.69) is 38.1 Å². The maximum Gasteiger partial charge on any atom is 0.267 e. The molecule has 0 saturated heterocycles. The zero-order valence-electron chi connectivity index (χ0n) is 17.7. The maximum atomic E-state index is 12.3. The van der Waals surface area contributed by atoms with E-state index in [0.29, 0.717) is 29.1 Å². The predicted molar refractivity (Wildman–Crippen MR) is 117 cm³/mol. The molecular formula is C22H32ClN4O2+. The molecule has 0 bridgehead atoms. The molecule has 1 aromatic heterocycles. The summed E-state index contributed by atoms with van der Waals surface area (Å²) < 4.78 is 1.20. The SMILES string of the molecule is CC(C)C[NH+](CCNC(=O)Cn1nc(-c2ccc(Cl)cc2)ccc1=O)CC(C)C. The minimum absolute atomic E-state index is 0.0933. The zero-order chi connectivity index (χ0) is 21.4. The second kappa shape index (κ2) is 11.1. The molecule has 0 radical (unpaired) electrons. The number of carbonyl (C=O) groups excluding carboxylic acids is 1. The molecule has 2 rings (SSSR count). The van der Waals surface area contributed by atoms with Crippen molar-refractivity contribution >= 4 is 17.5 Å². The lowest BCUT2D eigenvalue weighted by Crippen LogP contribution is -3.13. The van der Waals surface area contributed by atoms with Gasteiger partial charge in [-0.3, -0.25) is 9.59 Å². The molecule has 0 unspecified atom stereocenters. The highest BCUT2D eigenvalue weighted by Gasteiger charge is 2.14. The van der Waals surface area contributed by atoms with E-state index < -0.39 is 0 Å². The number of amides is 1. The Bertz CT molecular complexity index is 837. The third kappa shape index (κ3) is 7.99. The molecule has 0 atom stereocenters. The highest BCUT2D eigenvalue weighted by atomic mass is 35.5. The average Bonchev–Trinajstić information content (AvgIpc) is 2.63. The molecule has 158 valence electrons. The van der Waals surface area contributed by atoms with Crippen LogP contribution in [0.4, 0.5) is 0 Å². The van der Waals surface area contributed by atoms with E-state index in [1.807, 2.05) is 12.1 Å². The van der Waals surface area contributed by atoms with E-state index in [1.165, 1.54) is 15.6 Å². The third-order valence-corrected chi connectivity index (χ3v) is 4.75. The topological polar surface area (TPSA) is 68.4 Å². The van der Waals surface area contributed by atoms with Gasteiger partial charge in [-0.05, 0) is 18.2 Å². The first-order chi connectivity index (χ1) is 13.7. The summed E-state index contributed by atoms with van der Waals surface area (Å²) in [5, 5.41) is 7.89. The standard InChI is InChI=1S/C22H31ClN4O2/c1-16(2)13-26(14-17(3)4)12-11-24-21(28)15-27-22(29)10-9-20(25-27)18-5-7-19(23)8-6-18/h5-10,16-17H,11-15H2,1-4H3,(H,24,28)/p+1. The Morgan fingerprint density at radius 1 is 1.07 bits per heavy atom. The van der Waals surface area contributed by atoms with E-state index in [4.69, 9.17) is 11.6 Å². The van der Waals surface area contributed by atoms with Crippen molar-refractivity contribution in [2.45, 2.75) is 34.2 Å². The van der Waals surface area contributed by atoms with Crippen LogP contribution < -0.4 is 15.8 Å². The second-order valence-corrected chi connectivity index (χ2v) is 8.70. The largest absolute Gasteiger partial charge is 0.349 e. The highest BCUT2D eigenvalue weighted by Crippen LogP contribution is 2.18. The summed E-state index contributed by atoms with van der Waals surface area (Å²) in [5.41, 5.74) is 1.16. The Balaban J connectivity index is 1.95. The van der Waals surface area contributed by atoms with Gasteiger partial charge < -0.3 is 10.2 Å². The molecule has 1 heterocycles. The van der Waals surface area contributed by atoms with Gasteiger partial charge in [-0.1, -0.05) is 51.4 Å². The van der Waals surface area contributed by atoms with Crippen molar-refractivity contribution in [2.75, 3.05) is 26.2 Å². The van der Waals surface area contributed by atoms with Crippen molar-refractivity contribution in [2.24, 2.45) is 11.8 Å². The van der Waals surface area contributed by atoms with Gasteiger partial charge in [-0.2, -0.15) is 5.10 Å². The van der Waals surface area contributed by atoms with Gasteiger partial charge in [0.2, 0.25) is 5.91 Å². The van der Waals surface area contributed by atoms with Crippen LogP contribution >= 0.6 is 11.6 Å². The van der Waals surface area contributed by atoms with Gasteiger partial charge in [-0.25, -0.2) is 4.68 Å². The molecule has 0 fully saturated rings. The Morgan fingerprint density at radius 2 is 1.69 bits per heavy atom. The number of hydrogen-bond acceptors (Lipinski definition) is 3. The molecule has 0 spiro atoms. The van der Waals surface area contributed by atoms with Crippen LogP contribution in [0.2, 0.25) is 5.02 Å². The molecule has 7 heteroatoms. The molecule has 2 aromatic rings. The van der Waals surface area contributed by atoms with Crippen LogP contribution in [0.15, 0.2) is 41.2 Å². The fraction of sp³-hybridized carbons (Fsp3) is 0.500. The molecule has 0 aliphatic carbocycles. The molecule has 0 aliphatic heterocycles. The zero-order valence-corrected chi connectivity index (χ0v) is 18.5. The van der Waals surface area contributed by atoms with Gasteiger partial charge in [0, 0.05) is 28.5 Å². The van der Waals surface area contributed by atoms with E-state index in [0.717, 1.165) is 25.2 Å².